The summed E-state index contributed by atoms with van der Waals surface area (Å²) in [5.41, 5.74) is 2.57. The number of nitrogens with one attached hydrogen (secondary N) is 1. The molecule has 2 atom stereocenters. The van der Waals surface area contributed by atoms with Crippen LogP contribution in [-0.2, 0) is 6.54 Å². The molecule has 100 valence electrons. The van der Waals surface area contributed by atoms with E-state index in [2.05, 4.69) is 58.8 Å². The van der Waals surface area contributed by atoms with Crippen LogP contribution in [0.4, 0.5) is 0 Å². The van der Waals surface area contributed by atoms with Gasteiger partial charge in [0.2, 0.25) is 0 Å². The molecule has 2 nitrogen and oxygen atoms in total. The van der Waals surface area contributed by atoms with Crippen molar-refractivity contribution in [3.63, 3.8) is 0 Å². The average Bonchev–Trinajstić information content (AvgIpc) is 3.16. The number of thiazole rings is 1. The summed E-state index contributed by atoms with van der Waals surface area (Å²) in [5.74, 6) is 0.686. The lowest BCUT2D eigenvalue weighted by molar-refractivity contribution is 0.671. The SMILES string of the molecule is c1ccc(C2CC2NCc2nc3ccccc3s2)cc1. The molecule has 2 unspecified atom stereocenters. The Morgan fingerprint density at radius 3 is 2.70 bits per heavy atom. The largest absolute Gasteiger partial charge is 0.307 e. The van der Waals surface area contributed by atoms with Gasteiger partial charge in [0, 0.05) is 18.5 Å². The highest BCUT2D eigenvalue weighted by molar-refractivity contribution is 7.18. The first-order chi connectivity index (χ1) is 9.90. The molecular formula is C17H16N2S. The number of benzene rings is 2. The quantitative estimate of drug-likeness (QED) is 0.783. The predicted molar refractivity (Wildman–Crippen MR) is 84.0 cm³/mol. The lowest BCUT2D eigenvalue weighted by Crippen LogP contribution is -2.17. The van der Waals surface area contributed by atoms with Crippen molar-refractivity contribution in [1.29, 1.82) is 0 Å². The van der Waals surface area contributed by atoms with Gasteiger partial charge in [-0.05, 0) is 24.1 Å². The molecule has 0 bridgehead atoms. The number of para-hydroxylation sites is 1. The Balaban J connectivity index is 1.40. The monoisotopic (exact) mass is 280 g/mol. The molecular weight excluding hydrogens is 264 g/mol. The molecule has 0 amide bonds. The third kappa shape index (κ3) is 2.35. The van der Waals surface area contributed by atoms with Gasteiger partial charge in [-0.1, -0.05) is 42.5 Å². The molecule has 1 aliphatic rings. The van der Waals surface area contributed by atoms with E-state index in [0.717, 1.165) is 12.1 Å². The minimum atomic E-state index is 0.615. The predicted octanol–water partition coefficient (Wildman–Crippen LogP) is 3.94. The molecule has 1 N–H and O–H groups in total. The summed E-state index contributed by atoms with van der Waals surface area (Å²) in [6, 6.07) is 19.7. The second-order valence-electron chi connectivity index (χ2n) is 5.32. The standard InChI is InChI=1S/C17H16N2S/c1-2-6-12(7-3-1)13-10-15(13)18-11-17-19-14-8-4-5-9-16(14)20-17/h1-9,13,15,18H,10-11H2. The van der Waals surface area contributed by atoms with Gasteiger partial charge in [0.25, 0.3) is 0 Å². The Kier molecular flexibility index (Phi) is 3.02. The number of rotatable bonds is 4. The van der Waals surface area contributed by atoms with Crippen molar-refractivity contribution in [3.8, 4) is 0 Å². The van der Waals surface area contributed by atoms with Crippen molar-refractivity contribution in [2.75, 3.05) is 0 Å². The number of nitrogens with zero attached hydrogens (tertiary/aromatic N) is 1. The Hall–Kier alpha value is -1.71. The molecule has 0 saturated heterocycles. The van der Waals surface area contributed by atoms with Gasteiger partial charge < -0.3 is 5.32 Å². The van der Waals surface area contributed by atoms with E-state index in [1.165, 1.54) is 21.7 Å². The van der Waals surface area contributed by atoms with Crippen molar-refractivity contribution in [3.05, 3.63) is 65.2 Å². The third-order valence-electron chi connectivity index (χ3n) is 3.87. The van der Waals surface area contributed by atoms with Crippen molar-refractivity contribution >= 4 is 21.6 Å². The first-order valence-electron chi connectivity index (χ1n) is 7.03. The highest BCUT2D eigenvalue weighted by Crippen LogP contribution is 2.40. The van der Waals surface area contributed by atoms with Gasteiger partial charge in [-0.2, -0.15) is 0 Å². The summed E-state index contributed by atoms with van der Waals surface area (Å²) in [6.45, 7) is 0.882. The molecule has 1 aromatic heterocycles. The van der Waals surface area contributed by atoms with Gasteiger partial charge in [-0.3, -0.25) is 0 Å². The normalized spacial score (nSPS) is 21.2. The maximum Gasteiger partial charge on any atom is 0.108 e. The zero-order valence-corrected chi connectivity index (χ0v) is 11.9. The van der Waals surface area contributed by atoms with Gasteiger partial charge in [0.15, 0.2) is 0 Å². The highest BCUT2D eigenvalue weighted by Gasteiger charge is 2.37. The van der Waals surface area contributed by atoms with Crippen LogP contribution < -0.4 is 5.32 Å². The Labute approximate surface area is 122 Å². The van der Waals surface area contributed by atoms with Crippen LogP contribution in [0.15, 0.2) is 54.6 Å². The molecule has 2 aromatic carbocycles. The molecule has 1 fully saturated rings. The van der Waals surface area contributed by atoms with Gasteiger partial charge in [0.1, 0.15) is 5.01 Å². The fourth-order valence-electron chi connectivity index (χ4n) is 2.70. The van der Waals surface area contributed by atoms with E-state index in [1.54, 1.807) is 11.3 Å². The lowest BCUT2D eigenvalue weighted by atomic mass is 10.1. The fraction of sp³-hybridized carbons (Fsp3) is 0.235. The van der Waals surface area contributed by atoms with Crippen LogP contribution >= 0.6 is 11.3 Å². The van der Waals surface area contributed by atoms with Crippen molar-refractivity contribution in [2.24, 2.45) is 0 Å². The third-order valence-corrected chi connectivity index (χ3v) is 4.91. The topological polar surface area (TPSA) is 24.9 Å². The molecule has 1 aliphatic carbocycles. The molecule has 20 heavy (non-hydrogen) atoms. The van der Waals surface area contributed by atoms with Crippen LogP contribution in [0.5, 0.6) is 0 Å². The van der Waals surface area contributed by atoms with Gasteiger partial charge in [0.05, 0.1) is 10.2 Å². The Morgan fingerprint density at radius 2 is 1.85 bits per heavy atom. The summed E-state index contributed by atoms with van der Waals surface area (Å²) >= 11 is 1.79. The average molecular weight is 280 g/mol. The van der Waals surface area contributed by atoms with Crippen molar-refractivity contribution in [1.82, 2.24) is 10.3 Å². The van der Waals surface area contributed by atoms with E-state index in [1.807, 2.05) is 6.07 Å². The van der Waals surface area contributed by atoms with E-state index in [-0.39, 0.29) is 0 Å². The molecule has 0 radical (unpaired) electrons. The zero-order valence-electron chi connectivity index (χ0n) is 11.1. The number of aromatic nitrogens is 1. The minimum Gasteiger partial charge on any atom is -0.307 e. The van der Waals surface area contributed by atoms with Crippen LogP contribution in [0.1, 0.15) is 22.9 Å². The zero-order chi connectivity index (χ0) is 13.4. The summed E-state index contributed by atoms with van der Waals surface area (Å²) in [5, 5.41) is 4.82. The molecule has 1 heterocycles. The van der Waals surface area contributed by atoms with Crippen LogP contribution in [0.3, 0.4) is 0 Å². The molecule has 4 rings (SSSR count). The second kappa shape index (κ2) is 5.00. The highest BCUT2D eigenvalue weighted by atomic mass is 32.1. The van der Waals surface area contributed by atoms with Gasteiger partial charge in [-0.15, -0.1) is 11.3 Å². The van der Waals surface area contributed by atoms with Gasteiger partial charge in [-0.25, -0.2) is 4.98 Å². The van der Waals surface area contributed by atoms with E-state index in [9.17, 15) is 0 Å². The Morgan fingerprint density at radius 1 is 1.05 bits per heavy atom. The summed E-state index contributed by atoms with van der Waals surface area (Å²) in [7, 11) is 0. The fourth-order valence-corrected chi connectivity index (χ4v) is 3.62. The van der Waals surface area contributed by atoms with E-state index >= 15 is 0 Å². The van der Waals surface area contributed by atoms with Crippen molar-refractivity contribution < 1.29 is 0 Å². The van der Waals surface area contributed by atoms with Gasteiger partial charge >= 0.3 is 0 Å². The maximum absolute atomic E-state index is 4.67. The molecule has 1 saturated carbocycles. The summed E-state index contributed by atoms with van der Waals surface area (Å²) in [4.78, 5) is 4.67. The van der Waals surface area contributed by atoms with E-state index < -0.39 is 0 Å². The van der Waals surface area contributed by atoms with Crippen LogP contribution in [-0.4, -0.2) is 11.0 Å². The van der Waals surface area contributed by atoms with Crippen molar-refractivity contribution in [2.45, 2.75) is 24.9 Å². The number of fused-ring (bicyclic) bond motifs is 1. The van der Waals surface area contributed by atoms with Crippen LogP contribution in [0.2, 0.25) is 0 Å². The first-order valence-corrected chi connectivity index (χ1v) is 7.84. The minimum absolute atomic E-state index is 0.615. The smallest absolute Gasteiger partial charge is 0.108 e. The molecule has 3 heteroatoms. The maximum atomic E-state index is 4.67. The van der Waals surface area contributed by atoms with Crippen LogP contribution in [0.25, 0.3) is 10.2 Å². The van der Waals surface area contributed by atoms with E-state index in [4.69, 9.17) is 0 Å². The lowest BCUT2D eigenvalue weighted by Gasteiger charge is -2.01. The number of hydrogen-bond donors (Lipinski definition) is 1. The Bertz CT molecular complexity index is 687. The molecule has 0 aliphatic heterocycles. The van der Waals surface area contributed by atoms with E-state index in [0.29, 0.717) is 12.0 Å². The first kappa shape index (κ1) is 12.1. The summed E-state index contributed by atoms with van der Waals surface area (Å²) in [6.07, 6.45) is 1.24. The molecule has 3 aromatic rings. The molecule has 0 spiro atoms. The number of hydrogen-bond acceptors (Lipinski definition) is 3. The van der Waals surface area contributed by atoms with Crippen LogP contribution in [0, 0.1) is 0 Å². The summed E-state index contributed by atoms with van der Waals surface area (Å²) < 4.78 is 1.28. The second-order valence-corrected chi connectivity index (χ2v) is 6.43.